The minimum atomic E-state index is -1.10. The summed E-state index contributed by atoms with van der Waals surface area (Å²) in [4.78, 5) is 11.3. The summed E-state index contributed by atoms with van der Waals surface area (Å²) < 4.78 is 31.6. The van der Waals surface area contributed by atoms with E-state index >= 15 is 0 Å². The van der Waals surface area contributed by atoms with Crippen LogP contribution in [0.4, 0.5) is 8.78 Å². The van der Waals surface area contributed by atoms with E-state index in [9.17, 15) is 13.6 Å². The van der Waals surface area contributed by atoms with E-state index in [1.165, 1.54) is 6.07 Å². The first-order valence-electron chi connectivity index (χ1n) is 5.58. The summed E-state index contributed by atoms with van der Waals surface area (Å²) in [7, 11) is 0. The van der Waals surface area contributed by atoms with Crippen molar-refractivity contribution in [1.29, 1.82) is 0 Å². The van der Waals surface area contributed by atoms with Gasteiger partial charge in [-0.2, -0.15) is 4.39 Å². The van der Waals surface area contributed by atoms with Crippen LogP contribution in [-0.4, -0.2) is 19.1 Å². The maximum Gasteiger partial charge on any atom is 0.257 e. The van der Waals surface area contributed by atoms with Crippen molar-refractivity contribution in [3.05, 3.63) is 28.2 Å². The predicted molar refractivity (Wildman–Crippen MR) is 67.5 cm³/mol. The summed E-state index contributed by atoms with van der Waals surface area (Å²) in [6, 6.07) is 2.27. The first kappa shape index (κ1) is 14.9. The molecule has 0 saturated carbocycles. The van der Waals surface area contributed by atoms with Crippen molar-refractivity contribution in [2.45, 2.75) is 19.8 Å². The smallest absolute Gasteiger partial charge is 0.257 e. The number of hydrogen-bond acceptors (Lipinski definition) is 2. The van der Waals surface area contributed by atoms with Gasteiger partial charge in [-0.05, 0) is 18.6 Å². The second-order valence-corrected chi connectivity index (χ2v) is 4.61. The molecule has 0 aliphatic rings. The highest BCUT2D eigenvalue weighted by molar-refractivity contribution is 9.10. The van der Waals surface area contributed by atoms with Gasteiger partial charge in [0.2, 0.25) is 5.82 Å². The minimum absolute atomic E-state index is 0.285. The van der Waals surface area contributed by atoms with E-state index in [4.69, 9.17) is 4.74 Å². The Labute approximate surface area is 113 Å². The van der Waals surface area contributed by atoms with Crippen LogP contribution in [0.3, 0.4) is 0 Å². The SMILES string of the molecule is CCCCNC(=O)COc1cc(Br)cc(F)c1F. The zero-order chi connectivity index (χ0) is 13.5. The van der Waals surface area contributed by atoms with Gasteiger partial charge in [-0.1, -0.05) is 29.3 Å². The van der Waals surface area contributed by atoms with Gasteiger partial charge in [-0.25, -0.2) is 4.39 Å². The lowest BCUT2D eigenvalue weighted by Gasteiger charge is -2.08. The van der Waals surface area contributed by atoms with Gasteiger partial charge < -0.3 is 10.1 Å². The van der Waals surface area contributed by atoms with Gasteiger partial charge in [0.1, 0.15) is 0 Å². The molecule has 0 aliphatic carbocycles. The summed E-state index contributed by atoms with van der Waals surface area (Å²) in [6.07, 6.45) is 1.83. The van der Waals surface area contributed by atoms with E-state index in [2.05, 4.69) is 21.2 Å². The Morgan fingerprint density at radius 3 is 2.83 bits per heavy atom. The highest BCUT2D eigenvalue weighted by Crippen LogP contribution is 2.25. The molecule has 6 heteroatoms. The van der Waals surface area contributed by atoms with E-state index in [1.54, 1.807) is 0 Å². The van der Waals surface area contributed by atoms with Crippen LogP contribution in [0.5, 0.6) is 5.75 Å². The van der Waals surface area contributed by atoms with E-state index in [0.29, 0.717) is 11.0 Å². The van der Waals surface area contributed by atoms with Crippen LogP contribution < -0.4 is 10.1 Å². The fourth-order valence-electron chi connectivity index (χ4n) is 1.24. The summed E-state index contributed by atoms with van der Waals surface area (Å²) in [5.41, 5.74) is 0. The Hall–Kier alpha value is -1.17. The molecule has 0 spiro atoms. The zero-order valence-electron chi connectivity index (χ0n) is 9.93. The maximum atomic E-state index is 13.3. The summed E-state index contributed by atoms with van der Waals surface area (Å²) in [5.74, 6) is -2.76. The average Bonchev–Trinajstić information content (AvgIpc) is 2.32. The lowest BCUT2D eigenvalue weighted by atomic mass is 10.3. The molecule has 0 bridgehead atoms. The topological polar surface area (TPSA) is 38.3 Å². The molecule has 0 fully saturated rings. The Bertz CT molecular complexity index is 427. The summed E-state index contributed by atoms with van der Waals surface area (Å²) in [5, 5.41) is 2.61. The largest absolute Gasteiger partial charge is 0.481 e. The number of hydrogen-bond donors (Lipinski definition) is 1. The van der Waals surface area contributed by atoms with Crippen LogP contribution in [0.15, 0.2) is 16.6 Å². The molecule has 0 unspecified atom stereocenters. The normalized spacial score (nSPS) is 10.2. The minimum Gasteiger partial charge on any atom is -0.481 e. The van der Waals surface area contributed by atoms with Gasteiger partial charge in [0.25, 0.3) is 5.91 Å². The molecule has 1 amide bonds. The third-order valence-corrected chi connectivity index (χ3v) is 2.63. The molecule has 0 radical (unpaired) electrons. The number of carbonyl (C=O) groups is 1. The van der Waals surface area contributed by atoms with E-state index in [0.717, 1.165) is 18.9 Å². The van der Waals surface area contributed by atoms with Crippen LogP contribution >= 0.6 is 15.9 Å². The molecule has 1 aromatic carbocycles. The van der Waals surface area contributed by atoms with Crippen LogP contribution in [0.2, 0.25) is 0 Å². The first-order chi connectivity index (χ1) is 8.54. The Morgan fingerprint density at radius 1 is 1.44 bits per heavy atom. The molecule has 0 aromatic heterocycles. The third kappa shape index (κ3) is 4.60. The number of unbranched alkanes of at least 4 members (excludes halogenated alkanes) is 1. The maximum absolute atomic E-state index is 13.3. The number of halogens is 3. The van der Waals surface area contributed by atoms with Crippen molar-refractivity contribution >= 4 is 21.8 Å². The second kappa shape index (κ2) is 7.31. The van der Waals surface area contributed by atoms with Crippen molar-refractivity contribution in [3.8, 4) is 5.75 Å². The van der Waals surface area contributed by atoms with Crippen molar-refractivity contribution in [1.82, 2.24) is 5.32 Å². The molecule has 0 atom stereocenters. The van der Waals surface area contributed by atoms with Crippen LogP contribution in [-0.2, 0) is 4.79 Å². The number of carbonyl (C=O) groups excluding carboxylic acids is 1. The van der Waals surface area contributed by atoms with Gasteiger partial charge in [0.05, 0.1) is 0 Å². The molecule has 1 rings (SSSR count). The number of amides is 1. The van der Waals surface area contributed by atoms with Crippen molar-refractivity contribution in [3.63, 3.8) is 0 Å². The van der Waals surface area contributed by atoms with Crippen molar-refractivity contribution < 1.29 is 18.3 Å². The molecule has 1 aromatic rings. The molecule has 0 aliphatic heterocycles. The zero-order valence-corrected chi connectivity index (χ0v) is 11.5. The third-order valence-electron chi connectivity index (χ3n) is 2.17. The highest BCUT2D eigenvalue weighted by Gasteiger charge is 2.12. The number of rotatable bonds is 6. The molecule has 1 N–H and O–H groups in total. The lowest BCUT2D eigenvalue weighted by Crippen LogP contribution is -2.29. The molecular formula is C12H14BrF2NO2. The lowest BCUT2D eigenvalue weighted by molar-refractivity contribution is -0.123. The van der Waals surface area contributed by atoms with Crippen molar-refractivity contribution in [2.75, 3.05) is 13.2 Å². The van der Waals surface area contributed by atoms with Crippen LogP contribution in [0, 0.1) is 11.6 Å². The Balaban J connectivity index is 2.50. The van der Waals surface area contributed by atoms with Crippen LogP contribution in [0.1, 0.15) is 19.8 Å². The highest BCUT2D eigenvalue weighted by atomic mass is 79.9. The predicted octanol–water partition coefficient (Wildman–Crippen LogP) is 3.02. The average molecular weight is 322 g/mol. The number of benzene rings is 1. The van der Waals surface area contributed by atoms with E-state index in [-0.39, 0.29) is 18.3 Å². The molecular weight excluding hydrogens is 308 g/mol. The van der Waals surface area contributed by atoms with Gasteiger partial charge in [0, 0.05) is 11.0 Å². The number of ether oxygens (including phenoxy) is 1. The van der Waals surface area contributed by atoms with Gasteiger partial charge in [0.15, 0.2) is 18.2 Å². The van der Waals surface area contributed by atoms with Gasteiger partial charge >= 0.3 is 0 Å². The van der Waals surface area contributed by atoms with E-state index in [1.807, 2.05) is 6.92 Å². The Morgan fingerprint density at radius 2 is 2.17 bits per heavy atom. The number of nitrogens with one attached hydrogen (secondary N) is 1. The quantitative estimate of drug-likeness (QED) is 0.646. The monoisotopic (exact) mass is 321 g/mol. The van der Waals surface area contributed by atoms with Crippen LogP contribution in [0.25, 0.3) is 0 Å². The summed E-state index contributed by atoms with van der Waals surface area (Å²) in [6.45, 7) is 2.22. The fourth-order valence-corrected chi connectivity index (χ4v) is 1.65. The van der Waals surface area contributed by atoms with Crippen molar-refractivity contribution in [2.24, 2.45) is 0 Å². The molecule has 3 nitrogen and oxygen atoms in total. The first-order valence-corrected chi connectivity index (χ1v) is 6.38. The standard InChI is InChI=1S/C12H14BrF2NO2/c1-2-3-4-16-11(17)7-18-10-6-8(13)5-9(14)12(10)15/h5-6H,2-4,7H2,1H3,(H,16,17). The molecule has 0 heterocycles. The molecule has 0 saturated heterocycles. The second-order valence-electron chi connectivity index (χ2n) is 3.69. The molecule has 18 heavy (non-hydrogen) atoms. The Kier molecular flexibility index (Phi) is 6.04. The van der Waals surface area contributed by atoms with Gasteiger partial charge in [-0.15, -0.1) is 0 Å². The molecule has 100 valence electrons. The fraction of sp³-hybridized carbons (Fsp3) is 0.417. The summed E-state index contributed by atoms with van der Waals surface area (Å²) >= 11 is 3.02. The van der Waals surface area contributed by atoms with Gasteiger partial charge in [-0.3, -0.25) is 4.79 Å². The van der Waals surface area contributed by atoms with E-state index < -0.39 is 11.6 Å².